The van der Waals surface area contributed by atoms with Crippen LogP contribution < -0.4 is 5.73 Å². The Morgan fingerprint density at radius 3 is 2.70 bits per heavy atom. The first-order valence-electron chi connectivity index (χ1n) is 3.55. The molecule has 3 heteroatoms. The van der Waals surface area contributed by atoms with Gasteiger partial charge in [0.25, 0.3) is 0 Å². The van der Waals surface area contributed by atoms with Crippen LogP contribution in [0, 0.1) is 0 Å². The van der Waals surface area contributed by atoms with E-state index in [2.05, 4.69) is 6.92 Å². The minimum Gasteiger partial charge on any atom is -0.327 e. The Kier molecular flexibility index (Phi) is 5.73. The van der Waals surface area contributed by atoms with Crippen molar-refractivity contribution in [3.05, 3.63) is 0 Å². The van der Waals surface area contributed by atoms with E-state index in [0.717, 1.165) is 18.6 Å². The van der Waals surface area contributed by atoms with Gasteiger partial charge in [0.15, 0.2) is 5.12 Å². The molecule has 1 atom stereocenters. The molecular formula is C7H15NOS. The molecule has 0 spiro atoms. The molecule has 0 rings (SSSR count). The van der Waals surface area contributed by atoms with Gasteiger partial charge < -0.3 is 5.73 Å². The van der Waals surface area contributed by atoms with Gasteiger partial charge in [-0.1, -0.05) is 25.1 Å². The van der Waals surface area contributed by atoms with E-state index in [0.29, 0.717) is 0 Å². The summed E-state index contributed by atoms with van der Waals surface area (Å²) in [5, 5.41) is 0.159. The molecule has 2 nitrogen and oxygen atoms in total. The van der Waals surface area contributed by atoms with Crippen molar-refractivity contribution < 1.29 is 4.79 Å². The topological polar surface area (TPSA) is 43.1 Å². The summed E-state index contributed by atoms with van der Waals surface area (Å²) in [7, 11) is 0. The van der Waals surface area contributed by atoms with Gasteiger partial charge >= 0.3 is 0 Å². The lowest BCUT2D eigenvalue weighted by molar-refractivity contribution is -0.109. The second-order valence-electron chi connectivity index (χ2n) is 2.35. The second-order valence-corrected chi connectivity index (χ2v) is 3.55. The second kappa shape index (κ2) is 5.74. The molecule has 0 saturated heterocycles. The number of hydrogen-bond acceptors (Lipinski definition) is 3. The number of rotatable bonds is 4. The normalized spacial score (nSPS) is 13.1. The quantitative estimate of drug-likeness (QED) is 0.677. The molecule has 0 aromatic rings. The molecule has 0 heterocycles. The lowest BCUT2D eigenvalue weighted by Gasteiger charge is -2.06. The fourth-order valence-corrected chi connectivity index (χ4v) is 1.29. The third-order valence-electron chi connectivity index (χ3n) is 1.16. The maximum atomic E-state index is 10.5. The smallest absolute Gasteiger partial charge is 0.185 e. The summed E-state index contributed by atoms with van der Waals surface area (Å²) in [6.45, 7) is 3.67. The highest BCUT2D eigenvalue weighted by atomic mass is 32.2. The van der Waals surface area contributed by atoms with Crippen molar-refractivity contribution in [1.82, 2.24) is 0 Å². The molecule has 0 aliphatic rings. The predicted molar refractivity (Wildman–Crippen MR) is 46.0 cm³/mol. The highest BCUT2D eigenvalue weighted by molar-refractivity contribution is 8.13. The summed E-state index contributed by atoms with van der Waals surface area (Å²) in [4.78, 5) is 10.5. The zero-order chi connectivity index (χ0) is 7.98. The number of hydrogen-bond donors (Lipinski definition) is 1. The van der Waals surface area contributed by atoms with E-state index in [4.69, 9.17) is 5.73 Å². The molecule has 0 aromatic heterocycles. The predicted octanol–water partition coefficient (Wildman–Crippen LogP) is 1.39. The Balaban J connectivity index is 3.21. The maximum absolute atomic E-state index is 10.5. The molecule has 0 saturated carbocycles. The highest BCUT2D eigenvalue weighted by Crippen LogP contribution is 2.05. The molecule has 0 aromatic carbocycles. The average Bonchev–Trinajstić information content (AvgIpc) is 1.85. The molecule has 60 valence electrons. The van der Waals surface area contributed by atoms with Gasteiger partial charge in [-0.2, -0.15) is 0 Å². The third kappa shape index (κ3) is 6.11. The van der Waals surface area contributed by atoms with Gasteiger partial charge in [0.05, 0.1) is 0 Å². The summed E-state index contributed by atoms with van der Waals surface area (Å²) in [6.07, 6.45) is 2.11. The number of carbonyl (C=O) groups is 1. The van der Waals surface area contributed by atoms with Crippen LogP contribution in [0.1, 0.15) is 26.7 Å². The Bertz CT molecular complexity index is 106. The highest BCUT2D eigenvalue weighted by Gasteiger charge is 2.02. The van der Waals surface area contributed by atoms with Crippen molar-refractivity contribution in [1.29, 1.82) is 0 Å². The summed E-state index contributed by atoms with van der Waals surface area (Å²) in [5.41, 5.74) is 5.66. The SMILES string of the molecule is CCCC(N)CSC(C)=O. The molecule has 2 N–H and O–H groups in total. The van der Waals surface area contributed by atoms with Gasteiger partial charge in [0.1, 0.15) is 0 Å². The van der Waals surface area contributed by atoms with E-state index >= 15 is 0 Å². The molecule has 0 aliphatic carbocycles. The first-order chi connectivity index (χ1) is 4.66. The van der Waals surface area contributed by atoms with Crippen LogP contribution in [0.5, 0.6) is 0 Å². The first-order valence-corrected chi connectivity index (χ1v) is 4.54. The van der Waals surface area contributed by atoms with E-state index in [1.165, 1.54) is 11.8 Å². The van der Waals surface area contributed by atoms with Crippen LogP contribution >= 0.6 is 11.8 Å². The van der Waals surface area contributed by atoms with Crippen LogP contribution in [-0.2, 0) is 4.79 Å². The lowest BCUT2D eigenvalue weighted by Crippen LogP contribution is -2.22. The maximum Gasteiger partial charge on any atom is 0.185 e. The van der Waals surface area contributed by atoms with Crippen LogP contribution in [0.25, 0.3) is 0 Å². The van der Waals surface area contributed by atoms with Gasteiger partial charge in [-0.25, -0.2) is 0 Å². The van der Waals surface area contributed by atoms with Crippen molar-refractivity contribution in [2.75, 3.05) is 5.75 Å². The first kappa shape index (κ1) is 9.98. The van der Waals surface area contributed by atoms with Crippen LogP contribution in [0.4, 0.5) is 0 Å². The van der Waals surface area contributed by atoms with Crippen molar-refractivity contribution in [3.63, 3.8) is 0 Å². The van der Waals surface area contributed by atoms with E-state index in [9.17, 15) is 4.79 Å². The number of carbonyl (C=O) groups excluding carboxylic acids is 1. The molecule has 0 amide bonds. The van der Waals surface area contributed by atoms with Crippen LogP contribution in [-0.4, -0.2) is 16.9 Å². The minimum atomic E-state index is 0.159. The molecule has 0 aliphatic heterocycles. The van der Waals surface area contributed by atoms with E-state index < -0.39 is 0 Å². The van der Waals surface area contributed by atoms with Crippen LogP contribution in [0.3, 0.4) is 0 Å². The van der Waals surface area contributed by atoms with E-state index in [1.807, 2.05) is 0 Å². The molecule has 0 fully saturated rings. The van der Waals surface area contributed by atoms with E-state index in [-0.39, 0.29) is 11.2 Å². The van der Waals surface area contributed by atoms with Gasteiger partial charge in [-0.05, 0) is 6.42 Å². The van der Waals surface area contributed by atoms with Crippen molar-refractivity contribution in [2.24, 2.45) is 5.73 Å². The fraction of sp³-hybridized carbons (Fsp3) is 0.857. The van der Waals surface area contributed by atoms with Crippen LogP contribution in [0.15, 0.2) is 0 Å². The van der Waals surface area contributed by atoms with Crippen molar-refractivity contribution >= 4 is 16.9 Å². The van der Waals surface area contributed by atoms with Crippen LogP contribution in [0.2, 0.25) is 0 Å². The number of nitrogens with two attached hydrogens (primary N) is 1. The van der Waals surface area contributed by atoms with Gasteiger partial charge in [-0.3, -0.25) is 4.79 Å². The molecule has 10 heavy (non-hydrogen) atoms. The summed E-state index contributed by atoms with van der Waals surface area (Å²) in [5.74, 6) is 0.767. The Hall–Kier alpha value is -0.0200. The summed E-state index contributed by atoms with van der Waals surface area (Å²) < 4.78 is 0. The van der Waals surface area contributed by atoms with E-state index in [1.54, 1.807) is 6.92 Å². The monoisotopic (exact) mass is 161 g/mol. The van der Waals surface area contributed by atoms with Gasteiger partial charge in [0.2, 0.25) is 0 Å². The Morgan fingerprint density at radius 2 is 2.30 bits per heavy atom. The number of thioether (sulfide) groups is 1. The van der Waals surface area contributed by atoms with Crippen molar-refractivity contribution in [2.45, 2.75) is 32.7 Å². The van der Waals surface area contributed by atoms with Gasteiger partial charge in [0, 0.05) is 18.7 Å². The van der Waals surface area contributed by atoms with Gasteiger partial charge in [-0.15, -0.1) is 0 Å². The molecule has 1 unspecified atom stereocenters. The average molecular weight is 161 g/mol. The third-order valence-corrected chi connectivity index (χ3v) is 2.16. The van der Waals surface area contributed by atoms with Crippen molar-refractivity contribution in [3.8, 4) is 0 Å². The fourth-order valence-electron chi connectivity index (χ4n) is 0.679. The standard InChI is InChI=1S/C7H15NOS/c1-3-4-7(8)5-10-6(2)9/h7H,3-5,8H2,1-2H3. The Labute approximate surface area is 66.6 Å². The zero-order valence-corrected chi connectivity index (χ0v) is 7.41. The zero-order valence-electron chi connectivity index (χ0n) is 6.59. The lowest BCUT2D eigenvalue weighted by atomic mass is 10.2. The molecular weight excluding hydrogens is 146 g/mol. The summed E-state index contributed by atoms with van der Waals surface area (Å²) >= 11 is 1.32. The minimum absolute atomic E-state index is 0.159. The largest absolute Gasteiger partial charge is 0.327 e. The summed E-state index contributed by atoms with van der Waals surface area (Å²) in [6, 6.07) is 0.193. The molecule has 0 bridgehead atoms. The Morgan fingerprint density at radius 1 is 1.70 bits per heavy atom. The molecule has 0 radical (unpaired) electrons.